The Morgan fingerprint density at radius 2 is 2.04 bits per heavy atom. The van der Waals surface area contributed by atoms with Crippen molar-refractivity contribution in [2.75, 3.05) is 14.2 Å². The van der Waals surface area contributed by atoms with Crippen LogP contribution in [-0.2, 0) is 4.74 Å². The van der Waals surface area contributed by atoms with Gasteiger partial charge in [0, 0.05) is 16.5 Å². The minimum absolute atomic E-state index is 0.137. The number of methoxy groups -OCH3 is 2. The molecule has 0 aliphatic rings. The van der Waals surface area contributed by atoms with E-state index in [4.69, 9.17) is 9.47 Å². The maximum absolute atomic E-state index is 11.8. The van der Waals surface area contributed by atoms with Gasteiger partial charge in [0.2, 0.25) is 5.88 Å². The molecule has 1 N–H and O–H groups in total. The van der Waals surface area contributed by atoms with Crippen molar-refractivity contribution in [1.29, 1.82) is 0 Å². The average molecular weight is 336 g/mol. The molecule has 3 heterocycles. The number of esters is 1. The van der Waals surface area contributed by atoms with Crippen LogP contribution in [0.3, 0.4) is 0 Å². The number of ether oxygens (including phenoxy) is 2. The van der Waals surface area contributed by atoms with Crippen molar-refractivity contribution < 1.29 is 14.3 Å². The Balaban J connectivity index is 1.96. The molecule has 0 saturated heterocycles. The number of hydrogen-bond donors (Lipinski definition) is 1. The van der Waals surface area contributed by atoms with Crippen molar-refractivity contribution in [3.8, 4) is 17.3 Å². The number of para-hydroxylation sites is 1. The lowest BCUT2D eigenvalue weighted by Crippen LogP contribution is -2.08. The van der Waals surface area contributed by atoms with E-state index in [1.807, 2.05) is 37.3 Å². The molecule has 0 fully saturated rings. The topological polar surface area (TPSA) is 81.5 Å². The second kappa shape index (κ2) is 5.62. The lowest BCUT2D eigenvalue weighted by Gasteiger charge is -2.05. The van der Waals surface area contributed by atoms with Crippen LogP contribution in [0, 0.1) is 6.92 Å². The fraction of sp³-hybridized carbons (Fsp3) is 0.167. The Morgan fingerprint density at radius 3 is 2.76 bits per heavy atom. The summed E-state index contributed by atoms with van der Waals surface area (Å²) in [4.78, 5) is 19.4. The maximum atomic E-state index is 11.8. The molecule has 0 bridgehead atoms. The summed E-state index contributed by atoms with van der Waals surface area (Å²) in [7, 11) is 2.82. The molecule has 0 aliphatic heterocycles. The van der Waals surface area contributed by atoms with Gasteiger partial charge in [0.05, 0.1) is 26.1 Å². The first kappa shape index (κ1) is 15.2. The number of aryl methyl sites for hydroxylation is 1. The van der Waals surface area contributed by atoms with Gasteiger partial charge >= 0.3 is 5.97 Å². The molecule has 25 heavy (non-hydrogen) atoms. The van der Waals surface area contributed by atoms with E-state index in [0.29, 0.717) is 11.4 Å². The summed E-state index contributed by atoms with van der Waals surface area (Å²) in [6.45, 7) is 1.95. The molecule has 3 aromatic heterocycles. The fourth-order valence-electron chi connectivity index (χ4n) is 2.98. The van der Waals surface area contributed by atoms with E-state index in [2.05, 4.69) is 15.1 Å². The van der Waals surface area contributed by atoms with Crippen molar-refractivity contribution in [3.05, 3.63) is 47.8 Å². The molecule has 0 aliphatic carbocycles. The van der Waals surface area contributed by atoms with Gasteiger partial charge in [-0.1, -0.05) is 18.2 Å². The van der Waals surface area contributed by atoms with Gasteiger partial charge in [-0.2, -0.15) is 5.10 Å². The molecular formula is C18H16N4O3. The fourth-order valence-corrected chi connectivity index (χ4v) is 2.98. The van der Waals surface area contributed by atoms with Crippen LogP contribution in [0.15, 0.2) is 36.5 Å². The predicted octanol–water partition coefficient (Wildman–Crippen LogP) is 2.98. The van der Waals surface area contributed by atoms with Crippen LogP contribution in [0.5, 0.6) is 5.88 Å². The predicted molar refractivity (Wildman–Crippen MR) is 92.9 cm³/mol. The number of fused-ring (bicyclic) bond motifs is 2. The molecular weight excluding hydrogens is 320 g/mol. The molecule has 7 nitrogen and oxygen atoms in total. The van der Waals surface area contributed by atoms with Crippen molar-refractivity contribution >= 4 is 22.4 Å². The number of hydrogen-bond acceptors (Lipinski definition) is 5. The van der Waals surface area contributed by atoms with Gasteiger partial charge in [0.25, 0.3) is 0 Å². The number of nitrogens with one attached hydrogen (secondary N) is 1. The Hall–Kier alpha value is -3.35. The van der Waals surface area contributed by atoms with Crippen LogP contribution in [0.25, 0.3) is 27.8 Å². The monoisotopic (exact) mass is 336 g/mol. The van der Waals surface area contributed by atoms with E-state index in [0.717, 1.165) is 27.9 Å². The van der Waals surface area contributed by atoms with Gasteiger partial charge < -0.3 is 14.5 Å². The van der Waals surface area contributed by atoms with Gasteiger partial charge in [-0.15, -0.1) is 0 Å². The molecule has 0 spiro atoms. The first-order chi connectivity index (χ1) is 12.1. The summed E-state index contributed by atoms with van der Waals surface area (Å²) in [6.07, 6.45) is 1.54. The van der Waals surface area contributed by atoms with Crippen LogP contribution in [-0.4, -0.2) is 39.8 Å². The highest BCUT2D eigenvalue weighted by atomic mass is 16.5. The van der Waals surface area contributed by atoms with Gasteiger partial charge in [0.15, 0.2) is 5.69 Å². The number of aromatic amines is 1. The highest BCUT2D eigenvalue weighted by Crippen LogP contribution is 2.31. The van der Waals surface area contributed by atoms with Crippen LogP contribution in [0.1, 0.15) is 16.1 Å². The number of carbonyl (C=O) groups is 1. The number of carbonyl (C=O) groups excluding carboxylic acids is 1. The normalized spacial score (nSPS) is 11.2. The highest BCUT2D eigenvalue weighted by molar-refractivity contribution is 5.89. The molecule has 126 valence electrons. The lowest BCUT2D eigenvalue weighted by molar-refractivity contribution is 0.0592. The molecule has 0 atom stereocenters. The van der Waals surface area contributed by atoms with E-state index < -0.39 is 5.97 Å². The molecule has 4 aromatic rings. The summed E-state index contributed by atoms with van der Waals surface area (Å²) in [5, 5.41) is 5.73. The van der Waals surface area contributed by atoms with Gasteiger partial charge in [-0.25, -0.2) is 14.3 Å². The molecule has 0 unspecified atom stereocenters. The standard InChI is InChI=1S/C18H16N4O3/c1-10-15(13-8-11-6-4-5-7-12(11)19-13)21-22-9-14(18(23)25-3)20-17(24-2)16(10)22/h4-9,19H,1-3H3. The summed E-state index contributed by atoms with van der Waals surface area (Å²) < 4.78 is 11.7. The highest BCUT2D eigenvalue weighted by Gasteiger charge is 2.20. The van der Waals surface area contributed by atoms with Crippen LogP contribution < -0.4 is 4.74 Å². The van der Waals surface area contributed by atoms with Gasteiger partial charge in [-0.3, -0.25) is 0 Å². The second-order valence-electron chi connectivity index (χ2n) is 5.66. The summed E-state index contributed by atoms with van der Waals surface area (Å²) >= 11 is 0. The van der Waals surface area contributed by atoms with E-state index >= 15 is 0 Å². The van der Waals surface area contributed by atoms with Crippen LogP contribution in [0.4, 0.5) is 0 Å². The van der Waals surface area contributed by atoms with E-state index in [9.17, 15) is 4.79 Å². The zero-order chi connectivity index (χ0) is 17.6. The minimum atomic E-state index is -0.541. The maximum Gasteiger partial charge on any atom is 0.358 e. The Morgan fingerprint density at radius 1 is 1.24 bits per heavy atom. The molecule has 0 saturated carbocycles. The number of H-pyrrole nitrogens is 1. The molecule has 7 heteroatoms. The third-order valence-electron chi connectivity index (χ3n) is 4.19. The third-order valence-corrected chi connectivity index (χ3v) is 4.19. The van der Waals surface area contributed by atoms with Gasteiger partial charge in [-0.05, 0) is 19.1 Å². The molecule has 0 amide bonds. The lowest BCUT2D eigenvalue weighted by atomic mass is 10.2. The summed E-state index contributed by atoms with van der Waals surface area (Å²) in [6, 6.07) is 10.1. The van der Waals surface area contributed by atoms with Crippen LogP contribution in [0.2, 0.25) is 0 Å². The van der Waals surface area contributed by atoms with Crippen molar-refractivity contribution in [1.82, 2.24) is 19.6 Å². The summed E-state index contributed by atoms with van der Waals surface area (Å²) in [5.41, 5.74) is 4.46. The van der Waals surface area contributed by atoms with Crippen molar-refractivity contribution in [3.63, 3.8) is 0 Å². The first-order valence-corrected chi connectivity index (χ1v) is 7.72. The largest absolute Gasteiger partial charge is 0.479 e. The zero-order valence-electron chi connectivity index (χ0n) is 14.0. The Bertz CT molecular complexity index is 1080. The number of nitrogens with zero attached hydrogens (tertiary/aromatic N) is 3. The Kier molecular flexibility index (Phi) is 3.42. The van der Waals surface area contributed by atoms with Gasteiger partial charge in [0.1, 0.15) is 11.2 Å². The second-order valence-corrected chi connectivity index (χ2v) is 5.66. The Labute approximate surface area is 143 Å². The van der Waals surface area contributed by atoms with Crippen molar-refractivity contribution in [2.24, 2.45) is 0 Å². The number of rotatable bonds is 3. The van der Waals surface area contributed by atoms with E-state index in [-0.39, 0.29) is 5.69 Å². The number of aromatic nitrogens is 4. The zero-order valence-corrected chi connectivity index (χ0v) is 14.0. The quantitative estimate of drug-likeness (QED) is 0.582. The average Bonchev–Trinajstić information content (AvgIpc) is 3.21. The third kappa shape index (κ3) is 2.32. The smallest absolute Gasteiger partial charge is 0.358 e. The SMILES string of the molecule is COC(=O)c1cn2nc(-c3cc4ccccc4[nH]3)c(C)c2c(OC)n1. The first-order valence-electron chi connectivity index (χ1n) is 7.72. The van der Waals surface area contributed by atoms with Crippen molar-refractivity contribution in [2.45, 2.75) is 6.92 Å². The van der Waals surface area contributed by atoms with E-state index in [1.54, 1.807) is 10.7 Å². The number of benzene rings is 1. The summed E-state index contributed by atoms with van der Waals surface area (Å²) in [5.74, 6) is -0.212. The minimum Gasteiger partial charge on any atom is -0.479 e. The van der Waals surface area contributed by atoms with Crippen LogP contribution >= 0.6 is 0 Å². The molecule has 0 radical (unpaired) electrons. The molecule has 1 aromatic carbocycles. The van der Waals surface area contributed by atoms with E-state index in [1.165, 1.54) is 14.2 Å². The molecule has 4 rings (SSSR count).